The monoisotopic (exact) mass is 395 g/mol. The Labute approximate surface area is 166 Å². The molecule has 9 nitrogen and oxygen atoms in total. The number of ketones is 1. The van der Waals surface area contributed by atoms with Crippen LogP contribution in [-0.2, 0) is 11.3 Å². The molecule has 0 radical (unpaired) electrons. The van der Waals surface area contributed by atoms with E-state index >= 15 is 0 Å². The fraction of sp³-hybridized carbons (Fsp3) is 0.350. The van der Waals surface area contributed by atoms with Crippen molar-refractivity contribution in [3.8, 4) is 0 Å². The van der Waals surface area contributed by atoms with E-state index in [0.29, 0.717) is 42.8 Å². The average Bonchev–Trinajstić information content (AvgIpc) is 3.11. The summed E-state index contributed by atoms with van der Waals surface area (Å²) in [4.78, 5) is 44.6. The van der Waals surface area contributed by atoms with Crippen molar-refractivity contribution in [2.24, 2.45) is 0 Å². The van der Waals surface area contributed by atoms with Gasteiger partial charge in [-0.2, -0.15) is 0 Å². The molecule has 2 aromatic heterocycles. The van der Waals surface area contributed by atoms with E-state index in [1.165, 1.54) is 10.9 Å². The van der Waals surface area contributed by atoms with Crippen LogP contribution in [0.4, 0.5) is 5.69 Å². The lowest BCUT2D eigenvalue weighted by Gasteiger charge is -2.36. The van der Waals surface area contributed by atoms with Gasteiger partial charge in [-0.05, 0) is 38.1 Å². The molecule has 1 aromatic carbocycles. The highest BCUT2D eigenvalue weighted by atomic mass is 16.5. The Kier molecular flexibility index (Phi) is 4.87. The van der Waals surface area contributed by atoms with Gasteiger partial charge in [0, 0.05) is 37.4 Å². The lowest BCUT2D eigenvalue weighted by molar-refractivity contribution is -0.132. The molecule has 1 saturated heterocycles. The summed E-state index contributed by atoms with van der Waals surface area (Å²) >= 11 is 0. The van der Waals surface area contributed by atoms with Crippen LogP contribution in [0.15, 0.2) is 39.9 Å². The van der Waals surface area contributed by atoms with Crippen molar-refractivity contribution >= 4 is 28.5 Å². The molecule has 0 unspecified atom stereocenters. The minimum absolute atomic E-state index is 0.0382. The number of benzene rings is 1. The number of aromatic nitrogens is 3. The SMILES string of the molecule is CC(=O)c1ccc(N2CCN(C(=O)Cn3cnc4onc(C)c4c3=O)CC2)cc1. The molecule has 0 N–H and O–H groups in total. The molecule has 1 aliphatic rings. The highest BCUT2D eigenvalue weighted by Crippen LogP contribution is 2.18. The zero-order chi connectivity index (χ0) is 20.5. The molecule has 0 spiro atoms. The first-order valence-electron chi connectivity index (χ1n) is 9.39. The van der Waals surface area contributed by atoms with Crippen LogP contribution >= 0.6 is 0 Å². The van der Waals surface area contributed by atoms with Crippen LogP contribution in [0.1, 0.15) is 23.0 Å². The Morgan fingerprint density at radius 2 is 1.79 bits per heavy atom. The molecule has 150 valence electrons. The number of nitrogens with zero attached hydrogens (tertiary/aromatic N) is 5. The highest BCUT2D eigenvalue weighted by molar-refractivity contribution is 5.94. The number of piperazine rings is 1. The predicted octanol–water partition coefficient (Wildman–Crippen LogP) is 1.24. The smallest absolute Gasteiger partial charge is 0.267 e. The van der Waals surface area contributed by atoms with Crippen LogP contribution in [0.3, 0.4) is 0 Å². The van der Waals surface area contributed by atoms with Crippen LogP contribution in [0.2, 0.25) is 0 Å². The third kappa shape index (κ3) is 3.63. The Balaban J connectivity index is 1.40. The molecule has 3 heterocycles. The number of carbonyl (C=O) groups excluding carboxylic acids is 2. The minimum Gasteiger partial charge on any atom is -0.368 e. The van der Waals surface area contributed by atoms with Crippen molar-refractivity contribution in [2.75, 3.05) is 31.1 Å². The molecule has 0 aliphatic carbocycles. The van der Waals surface area contributed by atoms with Gasteiger partial charge in [-0.1, -0.05) is 5.16 Å². The van der Waals surface area contributed by atoms with E-state index < -0.39 is 0 Å². The first kappa shape index (κ1) is 18.9. The third-order valence-corrected chi connectivity index (χ3v) is 5.21. The molecule has 0 bridgehead atoms. The Hall–Kier alpha value is -3.49. The van der Waals surface area contributed by atoms with Gasteiger partial charge in [-0.15, -0.1) is 0 Å². The number of rotatable bonds is 4. The van der Waals surface area contributed by atoms with Crippen LogP contribution in [0.25, 0.3) is 11.1 Å². The maximum absolute atomic E-state index is 12.7. The molecule has 4 rings (SSSR count). The summed E-state index contributed by atoms with van der Waals surface area (Å²) in [6.07, 6.45) is 1.32. The molecular formula is C20H21N5O4. The topological polar surface area (TPSA) is 102 Å². The predicted molar refractivity (Wildman–Crippen MR) is 106 cm³/mol. The van der Waals surface area contributed by atoms with Crippen LogP contribution in [-0.4, -0.2) is 57.5 Å². The maximum Gasteiger partial charge on any atom is 0.267 e. The van der Waals surface area contributed by atoms with Gasteiger partial charge in [0.25, 0.3) is 11.3 Å². The van der Waals surface area contributed by atoms with E-state index in [-0.39, 0.29) is 29.5 Å². The molecule has 0 atom stereocenters. The number of hydrogen-bond acceptors (Lipinski definition) is 7. The summed E-state index contributed by atoms with van der Waals surface area (Å²) < 4.78 is 6.28. The largest absolute Gasteiger partial charge is 0.368 e. The second-order valence-corrected chi connectivity index (χ2v) is 7.10. The second kappa shape index (κ2) is 7.50. The zero-order valence-electron chi connectivity index (χ0n) is 16.3. The number of anilines is 1. The van der Waals surface area contributed by atoms with E-state index in [2.05, 4.69) is 15.0 Å². The van der Waals surface area contributed by atoms with Gasteiger partial charge in [0.1, 0.15) is 18.3 Å². The first-order chi connectivity index (χ1) is 13.9. The minimum atomic E-state index is -0.328. The van der Waals surface area contributed by atoms with E-state index in [4.69, 9.17) is 4.52 Å². The fourth-order valence-electron chi connectivity index (χ4n) is 3.49. The molecule has 9 heteroatoms. The van der Waals surface area contributed by atoms with Gasteiger partial charge < -0.3 is 14.3 Å². The lowest BCUT2D eigenvalue weighted by Crippen LogP contribution is -2.50. The normalized spacial score (nSPS) is 14.4. The van der Waals surface area contributed by atoms with Crippen molar-refractivity contribution in [2.45, 2.75) is 20.4 Å². The fourth-order valence-corrected chi connectivity index (χ4v) is 3.49. The standard InChI is InChI=1S/C20H21N5O4/c1-13-18-19(29-22-13)21-12-25(20(18)28)11-17(27)24-9-7-23(8-10-24)16-5-3-15(4-6-16)14(2)26/h3-6,12H,7-11H2,1-2H3. The van der Waals surface area contributed by atoms with Crippen LogP contribution < -0.4 is 10.5 Å². The maximum atomic E-state index is 12.7. The van der Waals surface area contributed by atoms with E-state index in [1.54, 1.807) is 18.7 Å². The summed E-state index contributed by atoms with van der Waals surface area (Å²) in [7, 11) is 0. The van der Waals surface area contributed by atoms with Crippen LogP contribution in [0, 0.1) is 6.92 Å². The van der Waals surface area contributed by atoms with Gasteiger partial charge in [0.05, 0.1) is 5.69 Å². The van der Waals surface area contributed by atoms with E-state index in [9.17, 15) is 14.4 Å². The Bertz CT molecular complexity index is 1120. The van der Waals surface area contributed by atoms with Crippen LogP contribution in [0.5, 0.6) is 0 Å². The lowest BCUT2D eigenvalue weighted by atomic mass is 10.1. The molecule has 1 aliphatic heterocycles. The molecule has 1 amide bonds. The molecule has 0 saturated carbocycles. The number of amides is 1. The van der Waals surface area contributed by atoms with Gasteiger partial charge in [0.2, 0.25) is 5.91 Å². The number of fused-ring (bicyclic) bond motifs is 1. The van der Waals surface area contributed by atoms with Crippen molar-refractivity contribution in [1.82, 2.24) is 19.6 Å². The summed E-state index contributed by atoms with van der Waals surface area (Å²) in [5, 5.41) is 4.05. The van der Waals surface area contributed by atoms with E-state index in [0.717, 1.165) is 5.69 Å². The summed E-state index contributed by atoms with van der Waals surface area (Å²) in [5.41, 5.74) is 2.02. The number of hydrogen-bond donors (Lipinski definition) is 0. The molecule has 1 fully saturated rings. The van der Waals surface area contributed by atoms with Crippen molar-refractivity contribution in [3.63, 3.8) is 0 Å². The quantitative estimate of drug-likeness (QED) is 0.613. The summed E-state index contributed by atoms with van der Waals surface area (Å²) in [6, 6.07) is 7.49. The first-order valence-corrected chi connectivity index (χ1v) is 9.39. The highest BCUT2D eigenvalue weighted by Gasteiger charge is 2.22. The van der Waals surface area contributed by atoms with Crippen molar-refractivity contribution in [1.29, 1.82) is 0 Å². The third-order valence-electron chi connectivity index (χ3n) is 5.21. The number of Topliss-reactive ketones (excluding diaryl/α,β-unsaturated/α-hetero) is 1. The molecule has 3 aromatic rings. The van der Waals surface area contributed by atoms with Gasteiger partial charge in [0.15, 0.2) is 5.78 Å². The van der Waals surface area contributed by atoms with E-state index in [1.807, 2.05) is 24.3 Å². The van der Waals surface area contributed by atoms with Gasteiger partial charge >= 0.3 is 0 Å². The zero-order valence-corrected chi connectivity index (χ0v) is 16.3. The number of aryl methyl sites for hydroxylation is 1. The molecular weight excluding hydrogens is 374 g/mol. The summed E-state index contributed by atoms with van der Waals surface area (Å²) in [5.74, 6) is -0.0924. The average molecular weight is 395 g/mol. The Morgan fingerprint density at radius 3 is 2.45 bits per heavy atom. The Morgan fingerprint density at radius 1 is 1.10 bits per heavy atom. The van der Waals surface area contributed by atoms with Gasteiger partial charge in [-0.25, -0.2) is 4.98 Å². The van der Waals surface area contributed by atoms with Crippen molar-refractivity contribution < 1.29 is 14.1 Å². The van der Waals surface area contributed by atoms with Crippen molar-refractivity contribution in [3.05, 3.63) is 52.2 Å². The molecule has 29 heavy (non-hydrogen) atoms. The van der Waals surface area contributed by atoms with Gasteiger partial charge in [-0.3, -0.25) is 19.0 Å². The summed E-state index contributed by atoms with van der Waals surface area (Å²) in [6.45, 7) is 5.63. The number of carbonyl (C=O) groups is 2. The second-order valence-electron chi connectivity index (χ2n) is 7.10.